The number of ether oxygens (including phenoxy) is 2. The van der Waals surface area contributed by atoms with Gasteiger partial charge in [0.2, 0.25) is 0 Å². The highest BCUT2D eigenvalue weighted by Crippen LogP contribution is 2.33. The number of sulfone groups is 1. The van der Waals surface area contributed by atoms with E-state index < -0.39 is 9.84 Å². The highest BCUT2D eigenvalue weighted by atomic mass is 32.2. The smallest absolute Gasteiger partial charge is 0.178 e. The summed E-state index contributed by atoms with van der Waals surface area (Å²) in [5.41, 5.74) is 5.47. The van der Waals surface area contributed by atoms with E-state index in [1.807, 2.05) is 13.8 Å². The maximum Gasteiger partial charge on any atom is 0.178 e. The van der Waals surface area contributed by atoms with E-state index in [4.69, 9.17) is 15.2 Å². The Morgan fingerprint density at radius 2 is 1.86 bits per heavy atom. The minimum atomic E-state index is -3.34. The van der Waals surface area contributed by atoms with Crippen LogP contribution in [0.1, 0.15) is 26.7 Å². The Labute approximate surface area is 126 Å². The third-order valence-corrected chi connectivity index (χ3v) is 5.39. The summed E-state index contributed by atoms with van der Waals surface area (Å²) < 4.78 is 35.9. The van der Waals surface area contributed by atoms with Gasteiger partial charge in [-0.3, -0.25) is 0 Å². The summed E-state index contributed by atoms with van der Waals surface area (Å²) in [7, 11) is -3.34. The van der Waals surface area contributed by atoms with Crippen LogP contribution in [0.25, 0.3) is 0 Å². The lowest BCUT2D eigenvalue weighted by Gasteiger charge is -2.22. The maximum atomic E-state index is 12.4. The van der Waals surface area contributed by atoms with E-state index in [2.05, 4.69) is 0 Å². The fourth-order valence-electron chi connectivity index (χ4n) is 1.97. The highest BCUT2D eigenvalue weighted by Gasteiger charge is 2.23. The standard InChI is InChI=1S/C15H23NO4S/c1-15(2,11-16)6-9-21(17,18)12-4-5-13-14(10-12)20-8-3-7-19-13/h4-5,10H,3,6-9,11,16H2,1-2H3. The molecule has 0 aliphatic carbocycles. The fourth-order valence-corrected chi connectivity index (χ4v) is 3.59. The van der Waals surface area contributed by atoms with Crippen molar-refractivity contribution in [1.29, 1.82) is 0 Å². The number of fused-ring (bicyclic) bond motifs is 1. The maximum absolute atomic E-state index is 12.4. The zero-order valence-electron chi connectivity index (χ0n) is 12.6. The minimum Gasteiger partial charge on any atom is -0.490 e. The average molecular weight is 313 g/mol. The van der Waals surface area contributed by atoms with Crippen LogP contribution >= 0.6 is 0 Å². The molecule has 6 heteroatoms. The molecule has 1 aromatic carbocycles. The van der Waals surface area contributed by atoms with Gasteiger partial charge >= 0.3 is 0 Å². The molecule has 0 saturated carbocycles. The molecule has 21 heavy (non-hydrogen) atoms. The quantitative estimate of drug-likeness (QED) is 0.899. The molecule has 0 spiro atoms. The second-order valence-electron chi connectivity index (χ2n) is 6.10. The van der Waals surface area contributed by atoms with Gasteiger partial charge in [-0.15, -0.1) is 0 Å². The van der Waals surface area contributed by atoms with E-state index in [9.17, 15) is 8.42 Å². The Morgan fingerprint density at radius 3 is 2.52 bits per heavy atom. The first-order chi connectivity index (χ1) is 9.84. The molecule has 2 rings (SSSR count). The highest BCUT2D eigenvalue weighted by molar-refractivity contribution is 7.91. The van der Waals surface area contributed by atoms with Crippen LogP contribution in [0, 0.1) is 5.41 Å². The molecular formula is C15H23NO4S. The number of rotatable bonds is 5. The molecule has 1 aromatic rings. The van der Waals surface area contributed by atoms with Crippen LogP contribution in [0.15, 0.2) is 23.1 Å². The van der Waals surface area contributed by atoms with Gasteiger partial charge in [0.1, 0.15) is 0 Å². The van der Waals surface area contributed by atoms with Gasteiger partial charge in [-0.25, -0.2) is 8.42 Å². The zero-order valence-corrected chi connectivity index (χ0v) is 13.4. The van der Waals surface area contributed by atoms with Crippen molar-refractivity contribution in [3.8, 4) is 11.5 Å². The van der Waals surface area contributed by atoms with Crippen LogP contribution in [-0.4, -0.2) is 33.9 Å². The van der Waals surface area contributed by atoms with Gasteiger partial charge in [-0.2, -0.15) is 0 Å². The molecule has 0 atom stereocenters. The summed E-state index contributed by atoms with van der Waals surface area (Å²) >= 11 is 0. The molecule has 0 amide bonds. The average Bonchev–Trinajstić information content (AvgIpc) is 2.70. The molecule has 1 aliphatic rings. The van der Waals surface area contributed by atoms with Crippen molar-refractivity contribution >= 4 is 9.84 Å². The molecule has 0 unspecified atom stereocenters. The number of nitrogens with two attached hydrogens (primary N) is 1. The summed E-state index contributed by atoms with van der Waals surface area (Å²) in [6, 6.07) is 4.81. The Balaban J connectivity index is 2.19. The second kappa shape index (κ2) is 6.23. The number of benzene rings is 1. The third-order valence-electron chi connectivity index (χ3n) is 3.68. The summed E-state index contributed by atoms with van der Waals surface area (Å²) in [4.78, 5) is 0.277. The van der Waals surface area contributed by atoms with Gasteiger partial charge in [-0.05, 0) is 30.5 Å². The van der Waals surface area contributed by atoms with Gasteiger partial charge < -0.3 is 15.2 Å². The van der Waals surface area contributed by atoms with Gasteiger partial charge in [-0.1, -0.05) is 13.8 Å². The second-order valence-corrected chi connectivity index (χ2v) is 8.21. The van der Waals surface area contributed by atoms with Crippen molar-refractivity contribution in [2.75, 3.05) is 25.5 Å². The van der Waals surface area contributed by atoms with Crippen molar-refractivity contribution < 1.29 is 17.9 Å². The van der Waals surface area contributed by atoms with Gasteiger partial charge in [0.05, 0.1) is 23.9 Å². The Morgan fingerprint density at radius 1 is 1.19 bits per heavy atom. The summed E-state index contributed by atoms with van der Waals surface area (Å²) in [6.07, 6.45) is 1.32. The molecule has 5 nitrogen and oxygen atoms in total. The minimum absolute atomic E-state index is 0.0802. The van der Waals surface area contributed by atoms with E-state index in [1.165, 1.54) is 0 Å². The predicted molar refractivity (Wildman–Crippen MR) is 81.6 cm³/mol. The predicted octanol–water partition coefficient (Wildman–Crippen LogP) is 2.00. The molecule has 0 bridgehead atoms. The first kappa shape index (κ1) is 16.1. The first-order valence-corrected chi connectivity index (χ1v) is 8.82. The van der Waals surface area contributed by atoms with E-state index in [0.29, 0.717) is 37.7 Å². The van der Waals surface area contributed by atoms with Gasteiger partial charge in [0.25, 0.3) is 0 Å². The lowest BCUT2D eigenvalue weighted by Crippen LogP contribution is -2.26. The molecule has 0 aromatic heterocycles. The van der Waals surface area contributed by atoms with Crippen molar-refractivity contribution in [1.82, 2.24) is 0 Å². The normalized spacial score (nSPS) is 15.6. The van der Waals surface area contributed by atoms with E-state index in [1.54, 1.807) is 18.2 Å². The number of hydrogen-bond acceptors (Lipinski definition) is 5. The summed E-state index contributed by atoms with van der Waals surface area (Å²) in [6.45, 7) is 5.52. The van der Waals surface area contributed by atoms with Crippen molar-refractivity contribution in [3.05, 3.63) is 18.2 Å². The van der Waals surface area contributed by atoms with E-state index >= 15 is 0 Å². The molecular weight excluding hydrogens is 290 g/mol. The van der Waals surface area contributed by atoms with Crippen LogP contribution in [0.3, 0.4) is 0 Å². The molecule has 2 N–H and O–H groups in total. The monoisotopic (exact) mass is 313 g/mol. The van der Waals surface area contributed by atoms with E-state index in [-0.39, 0.29) is 16.1 Å². The van der Waals surface area contributed by atoms with Crippen molar-refractivity contribution in [2.24, 2.45) is 11.1 Å². The van der Waals surface area contributed by atoms with Gasteiger partial charge in [0, 0.05) is 12.5 Å². The van der Waals surface area contributed by atoms with Gasteiger partial charge in [0.15, 0.2) is 21.3 Å². The molecule has 118 valence electrons. The SMILES string of the molecule is CC(C)(CN)CCS(=O)(=O)c1ccc2c(c1)OCCCO2. The van der Waals surface area contributed by atoms with Crippen LogP contribution < -0.4 is 15.2 Å². The lowest BCUT2D eigenvalue weighted by molar-refractivity contribution is 0.297. The molecule has 1 heterocycles. The summed E-state index contributed by atoms with van der Waals surface area (Å²) in [5.74, 6) is 1.19. The largest absolute Gasteiger partial charge is 0.490 e. The number of hydrogen-bond donors (Lipinski definition) is 1. The Kier molecular flexibility index (Phi) is 4.78. The topological polar surface area (TPSA) is 78.6 Å². The molecule has 0 radical (unpaired) electrons. The Hall–Kier alpha value is -1.27. The Bertz CT molecular complexity index is 596. The molecule has 0 saturated heterocycles. The zero-order chi connectivity index (χ0) is 15.5. The summed E-state index contributed by atoms with van der Waals surface area (Å²) in [5, 5.41) is 0. The lowest BCUT2D eigenvalue weighted by atomic mass is 9.91. The molecule has 1 aliphatic heterocycles. The van der Waals surface area contributed by atoms with Crippen LogP contribution in [-0.2, 0) is 9.84 Å². The first-order valence-electron chi connectivity index (χ1n) is 7.17. The molecule has 0 fully saturated rings. The van der Waals surface area contributed by atoms with E-state index in [0.717, 1.165) is 6.42 Å². The van der Waals surface area contributed by atoms with Crippen LogP contribution in [0.5, 0.6) is 11.5 Å². The van der Waals surface area contributed by atoms with Crippen molar-refractivity contribution in [3.63, 3.8) is 0 Å². The van der Waals surface area contributed by atoms with Crippen molar-refractivity contribution in [2.45, 2.75) is 31.6 Å². The van der Waals surface area contributed by atoms with Crippen LogP contribution in [0.2, 0.25) is 0 Å². The van der Waals surface area contributed by atoms with Crippen LogP contribution in [0.4, 0.5) is 0 Å². The fraction of sp³-hybridized carbons (Fsp3) is 0.600. The third kappa shape index (κ3) is 4.11.